The zero-order valence-electron chi connectivity index (χ0n) is 14.4. The van der Waals surface area contributed by atoms with Crippen molar-refractivity contribution in [2.75, 3.05) is 36.4 Å². The van der Waals surface area contributed by atoms with Crippen LogP contribution in [0.2, 0.25) is 0 Å². The minimum absolute atomic E-state index is 0.160. The van der Waals surface area contributed by atoms with E-state index in [9.17, 15) is 18.0 Å². The van der Waals surface area contributed by atoms with Crippen molar-refractivity contribution in [3.8, 4) is 0 Å². The molecule has 1 saturated heterocycles. The molecule has 1 aliphatic rings. The van der Waals surface area contributed by atoms with Gasteiger partial charge in [-0.25, -0.2) is 13.2 Å². The summed E-state index contributed by atoms with van der Waals surface area (Å²) < 4.78 is 39.9. The summed E-state index contributed by atoms with van der Waals surface area (Å²) in [5.74, 6) is -1.94. The highest BCUT2D eigenvalue weighted by Crippen LogP contribution is 2.19. The molecular formula is C19H20F3N3O. The van der Waals surface area contributed by atoms with Crippen LogP contribution in [0.4, 0.5) is 24.5 Å². The Kier molecular flexibility index (Phi) is 5.46. The van der Waals surface area contributed by atoms with E-state index >= 15 is 0 Å². The molecule has 26 heavy (non-hydrogen) atoms. The Morgan fingerprint density at radius 2 is 1.58 bits per heavy atom. The van der Waals surface area contributed by atoms with E-state index in [1.807, 2.05) is 4.90 Å². The number of rotatable bonds is 4. The highest BCUT2D eigenvalue weighted by atomic mass is 19.1. The molecule has 2 aromatic carbocycles. The maximum absolute atomic E-state index is 13.7. The fraction of sp³-hybridized carbons (Fsp3) is 0.316. The number of carbonyl (C=O) groups is 1. The van der Waals surface area contributed by atoms with Crippen LogP contribution >= 0.6 is 0 Å². The number of hydrogen-bond donors (Lipinski definition) is 1. The van der Waals surface area contributed by atoms with E-state index in [-0.39, 0.29) is 17.4 Å². The Hall–Kier alpha value is -2.54. The number of hydrogen-bond acceptors (Lipinski definition) is 3. The Labute approximate surface area is 150 Å². The summed E-state index contributed by atoms with van der Waals surface area (Å²) in [5.41, 5.74) is 0.775. The van der Waals surface area contributed by atoms with Crippen molar-refractivity contribution in [3.05, 3.63) is 59.9 Å². The lowest BCUT2D eigenvalue weighted by atomic mass is 10.2. The monoisotopic (exact) mass is 363 g/mol. The molecule has 3 rings (SSSR count). The van der Waals surface area contributed by atoms with E-state index in [1.165, 1.54) is 12.1 Å². The van der Waals surface area contributed by atoms with Gasteiger partial charge in [-0.3, -0.25) is 9.69 Å². The summed E-state index contributed by atoms with van der Waals surface area (Å²) in [6.07, 6.45) is 0. The third kappa shape index (κ3) is 4.16. The number of benzene rings is 2. The predicted molar refractivity (Wildman–Crippen MR) is 94.6 cm³/mol. The molecule has 0 bridgehead atoms. The van der Waals surface area contributed by atoms with Gasteiger partial charge in [0.15, 0.2) is 0 Å². The molecule has 4 nitrogen and oxygen atoms in total. The second kappa shape index (κ2) is 7.78. The first-order valence-corrected chi connectivity index (χ1v) is 8.44. The van der Waals surface area contributed by atoms with Gasteiger partial charge in [0, 0.05) is 37.9 Å². The van der Waals surface area contributed by atoms with Gasteiger partial charge in [-0.15, -0.1) is 0 Å². The zero-order chi connectivity index (χ0) is 18.7. The number of anilines is 2. The summed E-state index contributed by atoms with van der Waals surface area (Å²) in [7, 11) is 0. The normalized spacial score (nSPS) is 16.4. The number of nitrogens with one attached hydrogen (secondary N) is 1. The molecule has 1 atom stereocenters. The average Bonchev–Trinajstić information content (AvgIpc) is 2.65. The maximum Gasteiger partial charge on any atom is 0.241 e. The molecule has 1 amide bonds. The lowest BCUT2D eigenvalue weighted by Crippen LogP contribution is -2.52. The van der Waals surface area contributed by atoms with E-state index in [4.69, 9.17) is 0 Å². The predicted octanol–water partition coefficient (Wildman–Crippen LogP) is 3.25. The van der Waals surface area contributed by atoms with Crippen LogP contribution in [-0.4, -0.2) is 43.0 Å². The first kappa shape index (κ1) is 18.3. The molecule has 0 saturated carbocycles. The number of amides is 1. The molecule has 0 aromatic heterocycles. The fourth-order valence-electron chi connectivity index (χ4n) is 3.02. The first-order valence-electron chi connectivity index (χ1n) is 8.44. The van der Waals surface area contributed by atoms with Gasteiger partial charge in [0.25, 0.3) is 0 Å². The average molecular weight is 363 g/mol. The maximum atomic E-state index is 13.7. The molecule has 0 unspecified atom stereocenters. The molecule has 0 radical (unpaired) electrons. The summed E-state index contributed by atoms with van der Waals surface area (Å²) >= 11 is 0. The van der Waals surface area contributed by atoms with Crippen LogP contribution in [0.5, 0.6) is 0 Å². The second-order valence-corrected chi connectivity index (χ2v) is 6.29. The molecule has 1 N–H and O–H groups in total. The van der Waals surface area contributed by atoms with Crippen LogP contribution in [0, 0.1) is 17.5 Å². The molecule has 7 heteroatoms. The van der Waals surface area contributed by atoms with Crippen LogP contribution in [0.15, 0.2) is 42.5 Å². The molecule has 1 heterocycles. The van der Waals surface area contributed by atoms with E-state index in [2.05, 4.69) is 10.2 Å². The van der Waals surface area contributed by atoms with E-state index in [0.29, 0.717) is 26.2 Å². The van der Waals surface area contributed by atoms with Crippen LogP contribution in [-0.2, 0) is 4.79 Å². The van der Waals surface area contributed by atoms with Crippen LogP contribution in [0.3, 0.4) is 0 Å². The standard InChI is InChI=1S/C19H20F3N3O/c1-13(19(26)23-18-12-15(21)4-7-17(18)22)24-8-10-25(11-9-24)16-5-2-14(20)3-6-16/h2-7,12-13H,8-11H2,1H3,(H,23,26)/t13-/m1/s1. The van der Waals surface area contributed by atoms with Crippen molar-refractivity contribution in [2.45, 2.75) is 13.0 Å². The summed E-state index contributed by atoms with van der Waals surface area (Å²) in [5, 5.41) is 2.45. The highest BCUT2D eigenvalue weighted by molar-refractivity contribution is 5.94. The highest BCUT2D eigenvalue weighted by Gasteiger charge is 2.26. The smallest absolute Gasteiger partial charge is 0.241 e. The van der Waals surface area contributed by atoms with Gasteiger partial charge in [0.2, 0.25) is 5.91 Å². The van der Waals surface area contributed by atoms with Crippen molar-refractivity contribution in [2.24, 2.45) is 0 Å². The quantitative estimate of drug-likeness (QED) is 0.906. The first-order chi connectivity index (χ1) is 12.4. The van der Waals surface area contributed by atoms with Gasteiger partial charge in [-0.2, -0.15) is 0 Å². The van der Waals surface area contributed by atoms with Gasteiger partial charge in [0.1, 0.15) is 17.5 Å². The van der Waals surface area contributed by atoms with E-state index in [1.54, 1.807) is 19.1 Å². The Bertz CT molecular complexity index is 774. The van der Waals surface area contributed by atoms with Crippen molar-refractivity contribution >= 4 is 17.3 Å². The zero-order valence-corrected chi connectivity index (χ0v) is 14.4. The van der Waals surface area contributed by atoms with E-state index < -0.39 is 17.7 Å². The lowest BCUT2D eigenvalue weighted by Gasteiger charge is -2.38. The van der Waals surface area contributed by atoms with Gasteiger partial charge in [0.05, 0.1) is 11.7 Å². The van der Waals surface area contributed by atoms with Crippen LogP contribution in [0.25, 0.3) is 0 Å². The largest absolute Gasteiger partial charge is 0.369 e. The van der Waals surface area contributed by atoms with Gasteiger partial charge < -0.3 is 10.2 Å². The summed E-state index contributed by atoms with van der Waals surface area (Å²) in [4.78, 5) is 16.5. The third-order valence-electron chi connectivity index (χ3n) is 4.62. The topological polar surface area (TPSA) is 35.6 Å². The Morgan fingerprint density at radius 3 is 2.23 bits per heavy atom. The number of nitrogens with zero attached hydrogens (tertiary/aromatic N) is 2. The lowest BCUT2D eigenvalue weighted by molar-refractivity contribution is -0.120. The third-order valence-corrected chi connectivity index (χ3v) is 4.62. The SMILES string of the molecule is C[C@H](C(=O)Nc1cc(F)ccc1F)N1CCN(c2ccc(F)cc2)CC1. The minimum Gasteiger partial charge on any atom is -0.369 e. The van der Waals surface area contributed by atoms with Crippen LogP contribution in [0.1, 0.15) is 6.92 Å². The Morgan fingerprint density at radius 1 is 0.962 bits per heavy atom. The molecule has 2 aromatic rings. The van der Waals surface area contributed by atoms with Gasteiger partial charge in [-0.1, -0.05) is 0 Å². The van der Waals surface area contributed by atoms with Gasteiger partial charge >= 0.3 is 0 Å². The van der Waals surface area contributed by atoms with Crippen molar-refractivity contribution in [1.29, 1.82) is 0 Å². The van der Waals surface area contributed by atoms with Gasteiger partial charge in [-0.05, 0) is 43.3 Å². The number of carbonyl (C=O) groups excluding carboxylic acids is 1. The molecule has 0 aliphatic carbocycles. The van der Waals surface area contributed by atoms with E-state index in [0.717, 1.165) is 23.9 Å². The minimum atomic E-state index is -0.673. The molecular weight excluding hydrogens is 343 g/mol. The molecule has 0 spiro atoms. The van der Waals surface area contributed by atoms with Crippen LogP contribution < -0.4 is 10.2 Å². The van der Waals surface area contributed by atoms with Crippen molar-refractivity contribution in [3.63, 3.8) is 0 Å². The molecule has 138 valence electrons. The Balaban J connectivity index is 1.57. The second-order valence-electron chi connectivity index (χ2n) is 6.29. The molecule has 1 fully saturated rings. The summed E-state index contributed by atoms with van der Waals surface area (Å²) in [6.45, 7) is 4.39. The number of piperazine rings is 1. The summed E-state index contributed by atoms with van der Waals surface area (Å²) in [6, 6.07) is 8.78. The van der Waals surface area contributed by atoms with Crippen molar-refractivity contribution in [1.82, 2.24) is 4.90 Å². The van der Waals surface area contributed by atoms with Crippen molar-refractivity contribution < 1.29 is 18.0 Å². The molecule has 1 aliphatic heterocycles. The number of halogens is 3. The fourth-order valence-corrected chi connectivity index (χ4v) is 3.02.